The molecule has 0 aliphatic heterocycles. The van der Waals surface area contributed by atoms with Crippen molar-refractivity contribution in [1.29, 1.82) is 5.26 Å². The Hall–Kier alpha value is -2.19. The van der Waals surface area contributed by atoms with Gasteiger partial charge in [-0.25, -0.2) is 4.39 Å². The number of carbonyl (C=O) groups excluding carboxylic acids is 1. The third-order valence-corrected chi connectivity index (χ3v) is 3.86. The van der Waals surface area contributed by atoms with Crippen molar-refractivity contribution in [3.8, 4) is 16.5 Å². The first kappa shape index (κ1) is 13.2. The molecule has 0 saturated heterocycles. The molecule has 19 heavy (non-hydrogen) atoms. The van der Waals surface area contributed by atoms with Gasteiger partial charge in [0.1, 0.15) is 12.4 Å². The Morgan fingerprint density at radius 3 is 2.74 bits per heavy atom. The van der Waals surface area contributed by atoms with Crippen LogP contribution in [-0.4, -0.2) is 12.5 Å². The average molecular weight is 274 g/mol. The zero-order valence-electron chi connectivity index (χ0n) is 10.2. The molecule has 0 fully saturated rings. The van der Waals surface area contributed by atoms with Crippen LogP contribution in [0.1, 0.15) is 15.2 Å². The first-order valence-electron chi connectivity index (χ1n) is 5.63. The van der Waals surface area contributed by atoms with E-state index >= 15 is 0 Å². The molecular weight excluding hydrogens is 263 g/mol. The summed E-state index contributed by atoms with van der Waals surface area (Å²) in [5.41, 5.74) is 1.84. The maximum Gasteiger partial charge on any atom is 0.262 e. The van der Waals surface area contributed by atoms with E-state index in [0.717, 1.165) is 16.0 Å². The molecule has 1 amide bonds. The fraction of sp³-hybridized carbons (Fsp3) is 0.143. The maximum absolute atomic E-state index is 12.9. The van der Waals surface area contributed by atoms with Gasteiger partial charge in [-0.2, -0.15) is 5.26 Å². The van der Waals surface area contributed by atoms with Gasteiger partial charge in [0.25, 0.3) is 5.91 Å². The van der Waals surface area contributed by atoms with Gasteiger partial charge in [0.2, 0.25) is 0 Å². The Labute approximate surface area is 114 Å². The summed E-state index contributed by atoms with van der Waals surface area (Å²) in [6, 6.07) is 9.79. The second-order valence-corrected chi connectivity index (χ2v) is 5.02. The van der Waals surface area contributed by atoms with E-state index in [1.54, 1.807) is 18.2 Å². The van der Waals surface area contributed by atoms with Crippen molar-refractivity contribution in [2.24, 2.45) is 0 Å². The van der Waals surface area contributed by atoms with Crippen molar-refractivity contribution in [2.45, 2.75) is 6.92 Å². The van der Waals surface area contributed by atoms with Crippen LogP contribution in [0.4, 0.5) is 4.39 Å². The number of amides is 1. The summed E-state index contributed by atoms with van der Waals surface area (Å²) < 4.78 is 12.9. The van der Waals surface area contributed by atoms with Crippen LogP contribution in [0.2, 0.25) is 0 Å². The largest absolute Gasteiger partial charge is 0.338 e. The number of rotatable bonds is 3. The smallest absolute Gasteiger partial charge is 0.262 e. The predicted molar refractivity (Wildman–Crippen MR) is 72.4 cm³/mol. The van der Waals surface area contributed by atoms with E-state index in [4.69, 9.17) is 5.26 Å². The van der Waals surface area contributed by atoms with Crippen molar-refractivity contribution in [2.75, 3.05) is 6.54 Å². The molecular formula is C14H11FN2OS. The summed E-state index contributed by atoms with van der Waals surface area (Å²) in [4.78, 5) is 13.2. The second kappa shape index (κ2) is 5.63. The molecule has 0 atom stereocenters. The molecule has 5 heteroatoms. The second-order valence-electron chi connectivity index (χ2n) is 3.97. The van der Waals surface area contributed by atoms with Gasteiger partial charge in [0.05, 0.1) is 10.9 Å². The average Bonchev–Trinajstić information content (AvgIpc) is 2.79. The van der Waals surface area contributed by atoms with Gasteiger partial charge < -0.3 is 5.32 Å². The third kappa shape index (κ3) is 2.98. The van der Waals surface area contributed by atoms with E-state index < -0.39 is 0 Å². The molecule has 1 N–H and O–H groups in total. The highest BCUT2D eigenvalue weighted by molar-refractivity contribution is 7.17. The van der Waals surface area contributed by atoms with E-state index in [9.17, 15) is 9.18 Å². The molecule has 0 aliphatic carbocycles. The topological polar surface area (TPSA) is 52.9 Å². The van der Waals surface area contributed by atoms with Gasteiger partial charge in [-0.15, -0.1) is 11.3 Å². The summed E-state index contributed by atoms with van der Waals surface area (Å²) in [6.07, 6.45) is 0. The monoisotopic (exact) mass is 274 g/mol. The lowest BCUT2D eigenvalue weighted by Crippen LogP contribution is -2.22. The number of carbonyl (C=O) groups is 1. The van der Waals surface area contributed by atoms with Crippen LogP contribution in [0.3, 0.4) is 0 Å². The summed E-state index contributed by atoms with van der Waals surface area (Å²) in [5.74, 6) is -0.548. The molecule has 1 heterocycles. The Balaban J connectivity index is 2.29. The molecule has 96 valence electrons. The Morgan fingerprint density at radius 1 is 1.42 bits per heavy atom. The lowest BCUT2D eigenvalue weighted by Gasteiger charge is -1.99. The Kier molecular flexibility index (Phi) is 3.93. The van der Waals surface area contributed by atoms with Crippen molar-refractivity contribution in [3.63, 3.8) is 0 Å². The van der Waals surface area contributed by atoms with Gasteiger partial charge in [0, 0.05) is 4.88 Å². The quantitative estimate of drug-likeness (QED) is 0.874. The first-order chi connectivity index (χ1) is 9.11. The minimum atomic E-state index is -0.287. The van der Waals surface area contributed by atoms with E-state index in [0.29, 0.717) is 4.88 Å². The van der Waals surface area contributed by atoms with Gasteiger partial charge in [0.15, 0.2) is 0 Å². The highest BCUT2D eigenvalue weighted by atomic mass is 32.1. The van der Waals surface area contributed by atoms with E-state index in [1.165, 1.54) is 23.5 Å². The number of halogens is 1. The van der Waals surface area contributed by atoms with Crippen molar-refractivity contribution < 1.29 is 9.18 Å². The van der Waals surface area contributed by atoms with E-state index in [1.807, 2.05) is 13.0 Å². The van der Waals surface area contributed by atoms with Crippen LogP contribution in [0.15, 0.2) is 30.3 Å². The van der Waals surface area contributed by atoms with Crippen molar-refractivity contribution in [1.82, 2.24) is 5.32 Å². The normalized spacial score (nSPS) is 9.95. The lowest BCUT2D eigenvalue weighted by atomic mass is 10.1. The number of hydrogen-bond donors (Lipinski definition) is 1. The molecule has 0 bridgehead atoms. The fourth-order valence-electron chi connectivity index (χ4n) is 1.69. The van der Waals surface area contributed by atoms with Gasteiger partial charge >= 0.3 is 0 Å². The number of aryl methyl sites for hydroxylation is 1. The summed E-state index contributed by atoms with van der Waals surface area (Å²) in [6.45, 7) is 1.89. The minimum Gasteiger partial charge on any atom is -0.338 e. The number of benzene rings is 1. The van der Waals surface area contributed by atoms with Crippen LogP contribution in [0, 0.1) is 24.1 Å². The van der Waals surface area contributed by atoms with Crippen LogP contribution in [0.5, 0.6) is 0 Å². The predicted octanol–water partition coefficient (Wildman–Crippen LogP) is 3.12. The first-order valence-corrected chi connectivity index (χ1v) is 6.45. The molecule has 0 spiro atoms. The number of hydrogen-bond acceptors (Lipinski definition) is 3. The van der Waals surface area contributed by atoms with Gasteiger partial charge in [-0.3, -0.25) is 4.79 Å². The Morgan fingerprint density at radius 2 is 2.11 bits per heavy atom. The number of nitriles is 1. The molecule has 0 saturated carbocycles. The highest BCUT2D eigenvalue weighted by Gasteiger charge is 2.13. The minimum absolute atomic E-state index is 0.0122. The summed E-state index contributed by atoms with van der Waals surface area (Å²) in [7, 11) is 0. The van der Waals surface area contributed by atoms with Crippen LogP contribution in [-0.2, 0) is 0 Å². The van der Waals surface area contributed by atoms with Crippen molar-refractivity contribution >= 4 is 17.2 Å². The molecule has 1 aromatic heterocycles. The molecule has 0 radical (unpaired) electrons. The Bertz CT molecular complexity index is 640. The molecule has 1 aromatic carbocycles. The third-order valence-electron chi connectivity index (χ3n) is 2.58. The molecule has 0 unspecified atom stereocenters. The lowest BCUT2D eigenvalue weighted by molar-refractivity contribution is 0.0962. The van der Waals surface area contributed by atoms with Gasteiger partial charge in [-0.1, -0.05) is 12.1 Å². The molecule has 2 aromatic rings. The standard InChI is InChI=1S/C14H11FN2OS/c1-9-8-12(14(18)17-7-6-16)19-13(9)10-2-4-11(15)5-3-10/h2-5,8H,7H2,1H3,(H,17,18). The molecule has 3 nitrogen and oxygen atoms in total. The molecule has 0 aliphatic rings. The fourth-order valence-corrected chi connectivity index (χ4v) is 2.78. The van der Waals surface area contributed by atoms with Gasteiger partial charge in [-0.05, 0) is 36.2 Å². The van der Waals surface area contributed by atoms with Crippen LogP contribution >= 0.6 is 11.3 Å². The summed E-state index contributed by atoms with van der Waals surface area (Å²) >= 11 is 1.33. The van der Waals surface area contributed by atoms with Crippen LogP contribution in [0.25, 0.3) is 10.4 Å². The van der Waals surface area contributed by atoms with E-state index in [-0.39, 0.29) is 18.3 Å². The molecule has 2 rings (SSSR count). The summed E-state index contributed by atoms with van der Waals surface area (Å²) in [5, 5.41) is 10.9. The number of nitrogens with zero attached hydrogens (tertiary/aromatic N) is 1. The zero-order chi connectivity index (χ0) is 13.8. The van der Waals surface area contributed by atoms with Crippen molar-refractivity contribution in [3.05, 3.63) is 46.6 Å². The maximum atomic E-state index is 12.9. The van der Waals surface area contributed by atoms with E-state index in [2.05, 4.69) is 5.32 Å². The van der Waals surface area contributed by atoms with Crippen LogP contribution < -0.4 is 5.32 Å². The highest BCUT2D eigenvalue weighted by Crippen LogP contribution is 2.32. The zero-order valence-corrected chi connectivity index (χ0v) is 11.1. The number of nitrogens with one attached hydrogen (secondary N) is 1. The SMILES string of the molecule is Cc1cc(C(=O)NCC#N)sc1-c1ccc(F)cc1. The number of thiophene rings is 1.